The molecule has 0 spiro atoms. The van der Waals surface area contributed by atoms with Gasteiger partial charge in [-0.25, -0.2) is 4.79 Å². The second kappa shape index (κ2) is 7.16. The van der Waals surface area contributed by atoms with Gasteiger partial charge < -0.3 is 4.74 Å². The van der Waals surface area contributed by atoms with Crippen molar-refractivity contribution < 1.29 is 22.7 Å². The van der Waals surface area contributed by atoms with Gasteiger partial charge in [-0.1, -0.05) is 17.3 Å². The Morgan fingerprint density at radius 2 is 1.81 bits per heavy atom. The molecule has 0 saturated carbocycles. The first-order valence-corrected chi connectivity index (χ1v) is 8.00. The molecule has 0 unspecified atom stereocenters. The number of esters is 1. The largest absolute Gasteiger partial charge is 0.446 e. The molecule has 0 saturated heterocycles. The molecule has 6 nitrogen and oxygen atoms in total. The maximum Gasteiger partial charge on any atom is 0.446 e. The second-order valence-corrected chi connectivity index (χ2v) is 6.18. The number of alkyl halides is 3. The normalized spacial score (nSPS) is 11.5. The molecule has 0 fully saturated rings. The minimum atomic E-state index is -4.40. The molecule has 3 aromatic rings. The lowest BCUT2D eigenvalue weighted by molar-refractivity contribution is -0.0328. The molecule has 0 amide bonds. The van der Waals surface area contributed by atoms with E-state index in [9.17, 15) is 22.8 Å². The molecule has 3 rings (SSSR count). The van der Waals surface area contributed by atoms with E-state index in [-0.39, 0.29) is 22.2 Å². The molecular formula is C16H10F3N3O3S. The van der Waals surface area contributed by atoms with Gasteiger partial charge in [0.2, 0.25) is 0 Å². The Bertz CT molecular complexity index is 1000. The van der Waals surface area contributed by atoms with Gasteiger partial charge in [0.05, 0.1) is 10.9 Å². The van der Waals surface area contributed by atoms with Crippen LogP contribution >= 0.6 is 11.8 Å². The third-order valence-electron chi connectivity index (χ3n) is 3.27. The summed E-state index contributed by atoms with van der Waals surface area (Å²) >= 11 is -0.281. The van der Waals surface area contributed by atoms with Crippen molar-refractivity contribution in [2.45, 2.75) is 17.1 Å². The zero-order chi connectivity index (χ0) is 18.7. The van der Waals surface area contributed by atoms with Crippen LogP contribution in [0.3, 0.4) is 0 Å². The van der Waals surface area contributed by atoms with Crippen molar-refractivity contribution in [3.63, 3.8) is 0 Å². The Morgan fingerprint density at radius 1 is 1.12 bits per heavy atom. The number of aromatic nitrogens is 3. The van der Waals surface area contributed by atoms with Gasteiger partial charge in [-0.05, 0) is 48.2 Å². The van der Waals surface area contributed by atoms with E-state index in [1.165, 1.54) is 12.1 Å². The number of hydrogen-bond donors (Lipinski definition) is 0. The molecular weight excluding hydrogens is 371 g/mol. The number of carbonyl (C=O) groups is 1. The lowest BCUT2D eigenvalue weighted by atomic mass is 10.2. The highest BCUT2D eigenvalue weighted by molar-refractivity contribution is 8.00. The van der Waals surface area contributed by atoms with Crippen LogP contribution in [0.25, 0.3) is 10.9 Å². The summed E-state index contributed by atoms with van der Waals surface area (Å²) in [4.78, 5) is 24.1. The van der Waals surface area contributed by atoms with Gasteiger partial charge in [0.1, 0.15) is 5.52 Å². The number of rotatable bonds is 4. The van der Waals surface area contributed by atoms with Gasteiger partial charge in [-0.3, -0.25) is 4.79 Å². The average Bonchev–Trinajstić information content (AvgIpc) is 2.60. The molecule has 134 valence electrons. The van der Waals surface area contributed by atoms with Crippen LogP contribution in [0.15, 0.2) is 58.2 Å². The maximum absolute atomic E-state index is 12.3. The van der Waals surface area contributed by atoms with E-state index < -0.39 is 23.8 Å². The smallest absolute Gasteiger partial charge is 0.439 e. The number of halogens is 3. The van der Waals surface area contributed by atoms with Crippen molar-refractivity contribution in [2.24, 2.45) is 0 Å². The monoisotopic (exact) mass is 381 g/mol. The Morgan fingerprint density at radius 3 is 2.50 bits per heavy atom. The van der Waals surface area contributed by atoms with Gasteiger partial charge in [-0.2, -0.15) is 17.9 Å². The van der Waals surface area contributed by atoms with Crippen molar-refractivity contribution in [3.8, 4) is 0 Å². The first kappa shape index (κ1) is 17.9. The zero-order valence-corrected chi connectivity index (χ0v) is 13.8. The molecule has 0 aliphatic heterocycles. The zero-order valence-electron chi connectivity index (χ0n) is 12.9. The van der Waals surface area contributed by atoms with Crippen LogP contribution < -0.4 is 5.56 Å². The summed E-state index contributed by atoms with van der Waals surface area (Å²) in [6.45, 7) is -0.464. The van der Waals surface area contributed by atoms with E-state index in [4.69, 9.17) is 4.74 Å². The third kappa shape index (κ3) is 4.20. The van der Waals surface area contributed by atoms with E-state index in [0.717, 1.165) is 16.8 Å². The highest BCUT2D eigenvalue weighted by Crippen LogP contribution is 2.36. The average molecular weight is 381 g/mol. The fourth-order valence-corrected chi connectivity index (χ4v) is 2.64. The predicted octanol–water partition coefficient (Wildman–Crippen LogP) is 3.22. The van der Waals surface area contributed by atoms with Gasteiger partial charge >= 0.3 is 11.5 Å². The van der Waals surface area contributed by atoms with Gasteiger partial charge in [0.15, 0.2) is 6.73 Å². The van der Waals surface area contributed by atoms with Gasteiger partial charge in [0, 0.05) is 4.90 Å². The molecule has 0 radical (unpaired) electrons. The molecule has 10 heteroatoms. The number of nitrogens with zero attached hydrogens (tertiary/aromatic N) is 3. The topological polar surface area (TPSA) is 74.1 Å². The van der Waals surface area contributed by atoms with Crippen molar-refractivity contribution in [3.05, 3.63) is 64.4 Å². The number of fused-ring (bicyclic) bond motifs is 1. The van der Waals surface area contributed by atoms with Crippen LogP contribution in [0.5, 0.6) is 0 Å². The Hall–Kier alpha value is -2.88. The van der Waals surface area contributed by atoms with Crippen molar-refractivity contribution in [1.82, 2.24) is 15.0 Å². The summed E-state index contributed by atoms with van der Waals surface area (Å²) in [5, 5.41) is 7.85. The van der Waals surface area contributed by atoms with Crippen LogP contribution in [0.2, 0.25) is 0 Å². The summed E-state index contributed by atoms with van der Waals surface area (Å²) in [5.41, 5.74) is -4.41. The summed E-state index contributed by atoms with van der Waals surface area (Å²) in [5.74, 6) is -0.796. The standard InChI is InChI=1S/C16H10F3N3O3S/c17-16(18,19)26-11-7-5-10(6-8-11)15(24)25-9-22-14(23)12-3-1-2-4-13(12)20-21-22/h1-8H,9H2. The van der Waals surface area contributed by atoms with Crippen molar-refractivity contribution in [2.75, 3.05) is 0 Å². The van der Waals surface area contributed by atoms with E-state index in [2.05, 4.69) is 10.3 Å². The summed E-state index contributed by atoms with van der Waals surface area (Å²) < 4.78 is 42.7. The maximum atomic E-state index is 12.3. The molecule has 0 aliphatic rings. The van der Waals surface area contributed by atoms with Crippen LogP contribution in [-0.2, 0) is 11.5 Å². The number of carbonyl (C=O) groups excluding carboxylic acids is 1. The van der Waals surface area contributed by atoms with Crippen molar-refractivity contribution in [1.29, 1.82) is 0 Å². The highest BCUT2D eigenvalue weighted by atomic mass is 32.2. The second-order valence-electron chi connectivity index (χ2n) is 5.04. The minimum Gasteiger partial charge on any atom is -0.439 e. The minimum absolute atomic E-state index is 0.0503. The fraction of sp³-hybridized carbons (Fsp3) is 0.125. The lowest BCUT2D eigenvalue weighted by Gasteiger charge is -2.08. The molecule has 0 bridgehead atoms. The number of hydrogen-bond acceptors (Lipinski definition) is 6. The predicted molar refractivity (Wildman–Crippen MR) is 87.6 cm³/mol. The number of thioether (sulfide) groups is 1. The quantitative estimate of drug-likeness (QED) is 0.510. The van der Waals surface area contributed by atoms with Gasteiger partial charge in [-0.15, -0.1) is 5.10 Å². The first-order chi connectivity index (χ1) is 12.3. The SMILES string of the molecule is O=C(OCn1nnc2ccccc2c1=O)c1ccc(SC(F)(F)F)cc1. The Kier molecular flexibility index (Phi) is 4.94. The molecule has 0 atom stereocenters. The first-order valence-electron chi connectivity index (χ1n) is 7.19. The molecule has 2 aromatic carbocycles. The van der Waals surface area contributed by atoms with Crippen LogP contribution in [0.4, 0.5) is 13.2 Å². The molecule has 1 heterocycles. The fourth-order valence-electron chi connectivity index (χ4n) is 2.10. The van der Waals surface area contributed by atoms with Gasteiger partial charge in [0.25, 0.3) is 5.56 Å². The summed E-state index contributed by atoms with van der Waals surface area (Å²) in [7, 11) is 0. The molecule has 0 aliphatic carbocycles. The number of benzene rings is 2. The van der Waals surface area contributed by atoms with E-state index in [0.29, 0.717) is 10.9 Å². The number of ether oxygens (including phenoxy) is 1. The van der Waals surface area contributed by atoms with Crippen LogP contribution in [-0.4, -0.2) is 26.5 Å². The summed E-state index contributed by atoms with van der Waals surface area (Å²) in [6, 6.07) is 11.3. The van der Waals surface area contributed by atoms with Crippen molar-refractivity contribution >= 4 is 28.6 Å². The van der Waals surface area contributed by atoms with E-state index in [1.54, 1.807) is 24.3 Å². The molecule has 1 aromatic heterocycles. The lowest BCUT2D eigenvalue weighted by Crippen LogP contribution is -2.26. The summed E-state index contributed by atoms with van der Waals surface area (Å²) in [6.07, 6.45) is 0. The van der Waals surface area contributed by atoms with Crippen LogP contribution in [0.1, 0.15) is 10.4 Å². The highest BCUT2D eigenvalue weighted by Gasteiger charge is 2.29. The molecule has 0 N–H and O–H groups in total. The molecule has 26 heavy (non-hydrogen) atoms. The Labute approximate surface area is 148 Å². The Balaban J connectivity index is 1.69. The third-order valence-corrected chi connectivity index (χ3v) is 4.01. The van der Waals surface area contributed by atoms with E-state index in [1.807, 2.05) is 0 Å². The van der Waals surface area contributed by atoms with Crippen LogP contribution in [0, 0.1) is 0 Å². The van der Waals surface area contributed by atoms with E-state index >= 15 is 0 Å².